The van der Waals surface area contributed by atoms with Gasteiger partial charge in [-0.1, -0.05) is 19.4 Å². The Hall–Kier alpha value is -1.24. The van der Waals surface area contributed by atoms with Crippen molar-refractivity contribution in [3.63, 3.8) is 0 Å². The highest BCUT2D eigenvalue weighted by atomic mass is 127. The molecule has 2 aromatic heterocycles. The zero-order valence-electron chi connectivity index (χ0n) is 11.2. The van der Waals surface area contributed by atoms with Crippen LogP contribution in [0.2, 0.25) is 0 Å². The Morgan fingerprint density at radius 2 is 2.16 bits per heavy atom. The van der Waals surface area contributed by atoms with E-state index in [0.717, 1.165) is 45.7 Å². The van der Waals surface area contributed by atoms with E-state index in [-0.39, 0.29) is 0 Å². The Bertz CT molecular complexity index is 543. The van der Waals surface area contributed by atoms with Crippen molar-refractivity contribution in [1.29, 1.82) is 0 Å². The van der Waals surface area contributed by atoms with Gasteiger partial charge in [-0.25, -0.2) is 9.97 Å². The third-order valence-corrected chi connectivity index (χ3v) is 3.91. The van der Waals surface area contributed by atoms with Crippen molar-refractivity contribution < 1.29 is 0 Å². The number of nitrogens with zero attached hydrogens (tertiary/aromatic N) is 3. The standard InChI is InChI=1S/C14H17IN4/c1-3-5-11-13(15)14(16-2)19-12(18-11)8-10-6-4-7-17-9-10/h4,6-7,9H,3,5,8H2,1-2H3,(H,16,18,19). The van der Waals surface area contributed by atoms with Crippen LogP contribution in [0.5, 0.6) is 0 Å². The molecule has 0 radical (unpaired) electrons. The molecule has 0 unspecified atom stereocenters. The van der Waals surface area contributed by atoms with E-state index in [4.69, 9.17) is 0 Å². The summed E-state index contributed by atoms with van der Waals surface area (Å²) in [5.74, 6) is 1.76. The van der Waals surface area contributed by atoms with Crippen molar-refractivity contribution in [1.82, 2.24) is 15.0 Å². The Balaban J connectivity index is 2.32. The molecule has 0 atom stereocenters. The summed E-state index contributed by atoms with van der Waals surface area (Å²) in [6.07, 6.45) is 6.42. The van der Waals surface area contributed by atoms with Gasteiger partial charge in [0.25, 0.3) is 0 Å². The molecule has 0 saturated heterocycles. The Labute approximate surface area is 127 Å². The summed E-state index contributed by atoms with van der Waals surface area (Å²) in [5, 5.41) is 3.15. The lowest BCUT2D eigenvalue weighted by molar-refractivity contribution is 0.834. The normalized spacial score (nSPS) is 10.5. The molecule has 0 aliphatic carbocycles. The van der Waals surface area contributed by atoms with Crippen LogP contribution >= 0.6 is 22.6 Å². The van der Waals surface area contributed by atoms with Crippen LogP contribution in [0.3, 0.4) is 0 Å². The molecular formula is C14H17IN4. The highest BCUT2D eigenvalue weighted by molar-refractivity contribution is 14.1. The van der Waals surface area contributed by atoms with Gasteiger partial charge in [0.15, 0.2) is 0 Å². The van der Waals surface area contributed by atoms with Gasteiger partial charge in [-0.3, -0.25) is 4.98 Å². The first kappa shape index (κ1) is 14.2. The molecule has 0 saturated carbocycles. The SMILES string of the molecule is CCCc1nc(Cc2cccnc2)nc(NC)c1I. The number of aryl methyl sites for hydroxylation is 1. The average Bonchev–Trinajstić information content (AvgIpc) is 2.43. The monoisotopic (exact) mass is 368 g/mol. The second-order valence-electron chi connectivity index (χ2n) is 4.29. The summed E-state index contributed by atoms with van der Waals surface area (Å²) in [4.78, 5) is 13.4. The van der Waals surface area contributed by atoms with E-state index in [1.807, 2.05) is 25.4 Å². The van der Waals surface area contributed by atoms with E-state index in [1.54, 1.807) is 6.20 Å². The lowest BCUT2D eigenvalue weighted by atomic mass is 10.2. The lowest BCUT2D eigenvalue weighted by Gasteiger charge is -2.10. The molecule has 0 fully saturated rings. The van der Waals surface area contributed by atoms with Gasteiger partial charge in [0.05, 0.1) is 9.26 Å². The average molecular weight is 368 g/mol. The molecule has 0 aromatic carbocycles. The summed E-state index contributed by atoms with van der Waals surface area (Å²) in [6.45, 7) is 2.16. The second-order valence-corrected chi connectivity index (χ2v) is 5.37. The van der Waals surface area contributed by atoms with E-state index in [0.29, 0.717) is 0 Å². The smallest absolute Gasteiger partial charge is 0.143 e. The number of nitrogens with one attached hydrogen (secondary N) is 1. The summed E-state index contributed by atoms with van der Waals surface area (Å²) < 4.78 is 1.12. The van der Waals surface area contributed by atoms with Crippen LogP contribution in [0, 0.1) is 3.57 Å². The number of hydrogen-bond donors (Lipinski definition) is 1. The van der Waals surface area contributed by atoms with Crippen molar-refractivity contribution in [2.24, 2.45) is 0 Å². The minimum absolute atomic E-state index is 0.718. The predicted molar refractivity (Wildman–Crippen MR) is 85.3 cm³/mol. The fourth-order valence-corrected chi connectivity index (χ4v) is 2.66. The van der Waals surface area contributed by atoms with E-state index in [1.165, 1.54) is 0 Å². The van der Waals surface area contributed by atoms with Crippen molar-refractivity contribution in [3.05, 3.63) is 45.2 Å². The van der Waals surface area contributed by atoms with Gasteiger partial charge in [-0.05, 0) is 40.6 Å². The maximum Gasteiger partial charge on any atom is 0.143 e. The van der Waals surface area contributed by atoms with Crippen LogP contribution in [0.1, 0.15) is 30.4 Å². The molecule has 0 bridgehead atoms. The molecule has 0 amide bonds. The fraction of sp³-hybridized carbons (Fsp3) is 0.357. The summed E-state index contributed by atoms with van der Waals surface area (Å²) >= 11 is 2.31. The Morgan fingerprint density at radius 1 is 1.32 bits per heavy atom. The van der Waals surface area contributed by atoms with Crippen molar-refractivity contribution in [2.45, 2.75) is 26.2 Å². The molecule has 2 aromatic rings. The maximum absolute atomic E-state index is 4.68. The van der Waals surface area contributed by atoms with Gasteiger partial charge in [0, 0.05) is 25.9 Å². The molecule has 100 valence electrons. The number of halogens is 1. The quantitative estimate of drug-likeness (QED) is 0.825. The highest BCUT2D eigenvalue weighted by Crippen LogP contribution is 2.21. The van der Waals surface area contributed by atoms with Crippen LogP contribution in [0.15, 0.2) is 24.5 Å². The first-order valence-electron chi connectivity index (χ1n) is 6.36. The molecule has 4 nitrogen and oxygen atoms in total. The van der Waals surface area contributed by atoms with Crippen LogP contribution in [0.25, 0.3) is 0 Å². The zero-order valence-corrected chi connectivity index (χ0v) is 13.3. The first-order chi connectivity index (χ1) is 9.24. The minimum atomic E-state index is 0.718. The minimum Gasteiger partial charge on any atom is -0.372 e. The van der Waals surface area contributed by atoms with Crippen molar-refractivity contribution in [2.75, 3.05) is 12.4 Å². The molecule has 0 spiro atoms. The van der Waals surface area contributed by atoms with E-state index < -0.39 is 0 Å². The number of anilines is 1. The van der Waals surface area contributed by atoms with E-state index in [9.17, 15) is 0 Å². The molecule has 1 N–H and O–H groups in total. The van der Waals surface area contributed by atoms with Gasteiger partial charge in [-0.15, -0.1) is 0 Å². The molecule has 5 heteroatoms. The topological polar surface area (TPSA) is 50.7 Å². The molecule has 19 heavy (non-hydrogen) atoms. The van der Waals surface area contributed by atoms with Crippen LogP contribution in [-0.4, -0.2) is 22.0 Å². The van der Waals surface area contributed by atoms with Gasteiger partial charge in [0.1, 0.15) is 11.6 Å². The van der Waals surface area contributed by atoms with Gasteiger partial charge in [0.2, 0.25) is 0 Å². The largest absolute Gasteiger partial charge is 0.372 e. The molecular weight excluding hydrogens is 351 g/mol. The Morgan fingerprint density at radius 3 is 2.79 bits per heavy atom. The number of hydrogen-bond acceptors (Lipinski definition) is 4. The summed E-state index contributed by atoms with van der Waals surface area (Å²) in [7, 11) is 1.90. The predicted octanol–water partition coefficient (Wildman–Crippen LogP) is 3.06. The molecule has 2 rings (SSSR count). The number of rotatable bonds is 5. The van der Waals surface area contributed by atoms with Gasteiger partial charge < -0.3 is 5.32 Å². The molecule has 0 aliphatic rings. The second kappa shape index (κ2) is 6.79. The maximum atomic E-state index is 4.68. The number of pyridine rings is 1. The van der Waals surface area contributed by atoms with Gasteiger partial charge >= 0.3 is 0 Å². The highest BCUT2D eigenvalue weighted by Gasteiger charge is 2.11. The van der Waals surface area contributed by atoms with E-state index >= 15 is 0 Å². The van der Waals surface area contributed by atoms with Crippen LogP contribution in [-0.2, 0) is 12.8 Å². The Kier molecular flexibility index (Phi) is 5.07. The van der Waals surface area contributed by atoms with Crippen LogP contribution < -0.4 is 5.32 Å². The summed E-state index contributed by atoms with van der Waals surface area (Å²) in [5.41, 5.74) is 2.26. The molecule has 0 aliphatic heterocycles. The van der Waals surface area contributed by atoms with E-state index in [2.05, 4.69) is 49.8 Å². The first-order valence-corrected chi connectivity index (χ1v) is 7.44. The zero-order chi connectivity index (χ0) is 13.7. The molecule has 2 heterocycles. The van der Waals surface area contributed by atoms with Crippen molar-refractivity contribution in [3.8, 4) is 0 Å². The van der Waals surface area contributed by atoms with Crippen molar-refractivity contribution >= 4 is 28.4 Å². The number of aromatic nitrogens is 3. The van der Waals surface area contributed by atoms with Gasteiger partial charge in [-0.2, -0.15) is 0 Å². The summed E-state index contributed by atoms with van der Waals surface area (Å²) in [6, 6.07) is 3.99. The third kappa shape index (κ3) is 3.62. The third-order valence-electron chi connectivity index (χ3n) is 2.77. The fourth-order valence-electron chi connectivity index (χ4n) is 1.88. The van der Waals surface area contributed by atoms with Crippen LogP contribution in [0.4, 0.5) is 5.82 Å². The lowest BCUT2D eigenvalue weighted by Crippen LogP contribution is -2.08.